The van der Waals surface area contributed by atoms with E-state index in [0.29, 0.717) is 17.6 Å². The van der Waals surface area contributed by atoms with Gasteiger partial charge in [0.25, 0.3) is 0 Å². The van der Waals surface area contributed by atoms with Crippen molar-refractivity contribution in [2.24, 2.45) is 17.3 Å². The molecule has 1 aliphatic heterocycles. The maximum absolute atomic E-state index is 13.0. The number of carbonyl (C=O) groups excluding carboxylic acids is 1. The highest BCUT2D eigenvalue weighted by Gasteiger charge is 2.37. The van der Waals surface area contributed by atoms with Crippen LogP contribution in [0.15, 0.2) is 24.3 Å². The van der Waals surface area contributed by atoms with Gasteiger partial charge in [0.1, 0.15) is 0 Å². The first-order valence-electron chi connectivity index (χ1n) is 8.25. The largest absolute Gasteiger partial charge is 0.316 e. The van der Waals surface area contributed by atoms with Crippen molar-refractivity contribution in [3.05, 3.63) is 35.4 Å². The molecule has 1 atom stereocenters. The van der Waals surface area contributed by atoms with Crippen LogP contribution in [0.2, 0.25) is 0 Å². The summed E-state index contributed by atoms with van der Waals surface area (Å²) in [5.74, 6) is 1.35. The van der Waals surface area contributed by atoms with E-state index in [2.05, 4.69) is 45.1 Å². The summed E-state index contributed by atoms with van der Waals surface area (Å²) >= 11 is 0. The quantitative estimate of drug-likeness (QED) is 0.826. The van der Waals surface area contributed by atoms with Crippen LogP contribution in [0, 0.1) is 17.3 Å². The lowest BCUT2D eigenvalue weighted by Gasteiger charge is -2.36. The van der Waals surface area contributed by atoms with Crippen molar-refractivity contribution in [3.63, 3.8) is 0 Å². The predicted molar refractivity (Wildman–Crippen MR) is 88.7 cm³/mol. The zero-order chi connectivity index (χ0) is 15.5. The molecule has 1 fully saturated rings. The molecule has 2 heteroatoms. The van der Waals surface area contributed by atoms with E-state index in [1.165, 1.54) is 12.0 Å². The van der Waals surface area contributed by atoms with Gasteiger partial charge in [0.15, 0.2) is 5.78 Å². The van der Waals surface area contributed by atoms with Crippen LogP contribution in [0.3, 0.4) is 0 Å². The Balaban J connectivity index is 2.17. The highest BCUT2D eigenvalue weighted by atomic mass is 16.1. The second-order valence-electron chi connectivity index (χ2n) is 7.39. The average Bonchev–Trinajstić information content (AvgIpc) is 2.47. The van der Waals surface area contributed by atoms with Crippen LogP contribution in [-0.2, 0) is 6.42 Å². The smallest absolute Gasteiger partial charge is 0.168 e. The maximum atomic E-state index is 13.0. The van der Waals surface area contributed by atoms with E-state index in [1.54, 1.807) is 0 Å². The summed E-state index contributed by atoms with van der Waals surface area (Å²) in [5.41, 5.74) is 1.86. The van der Waals surface area contributed by atoms with Crippen molar-refractivity contribution in [2.45, 2.75) is 47.0 Å². The standard InChI is InChI=1S/C19H29NO/c1-14(2)11-15-7-5-8-16(12-15)18(21)19(3,4)17-9-6-10-20-13-17/h5,7-8,12,14,17,20H,6,9-11,13H2,1-4H3. The Labute approximate surface area is 129 Å². The van der Waals surface area contributed by atoms with Crippen LogP contribution in [0.5, 0.6) is 0 Å². The van der Waals surface area contributed by atoms with Crippen molar-refractivity contribution in [1.29, 1.82) is 0 Å². The van der Waals surface area contributed by atoms with Crippen molar-refractivity contribution in [2.75, 3.05) is 13.1 Å². The number of hydrogen-bond donors (Lipinski definition) is 1. The average molecular weight is 287 g/mol. The zero-order valence-corrected chi connectivity index (χ0v) is 13.9. The number of Topliss-reactive ketones (excluding diaryl/α,β-unsaturated/α-hetero) is 1. The summed E-state index contributed by atoms with van der Waals surface area (Å²) in [5, 5.41) is 3.43. The number of piperidine rings is 1. The Bertz CT molecular complexity index is 484. The number of ketones is 1. The van der Waals surface area contributed by atoms with Gasteiger partial charge >= 0.3 is 0 Å². The third kappa shape index (κ3) is 3.94. The summed E-state index contributed by atoms with van der Waals surface area (Å²) in [6.07, 6.45) is 3.36. The first-order chi connectivity index (χ1) is 9.91. The molecule has 0 amide bonds. The van der Waals surface area contributed by atoms with E-state index in [9.17, 15) is 4.79 Å². The molecular weight excluding hydrogens is 258 g/mol. The summed E-state index contributed by atoms with van der Waals surface area (Å²) in [7, 11) is 0. The molecular formula is C19H29NO. The zero-order valence-electron chi connectivity index (χ0n) is 13.9. The van der Waals surface area contributed by atoms with Crippen LogP contribution in [0.25, 0.3) is 0 Å². The summed E-state index contributed by atoms with van der Waals surface area (Å²) in [6, 6.07) is 8.23. The van der Waals surface area contributed by atoms with Gasteiger partial charge in [-0.1, -0.05) is 45.9 Å². The molecule has 0 bridgehead atoms. The minimum absolute atomic E-state index is 0.288. The Morgan fingerprint density at radius 1 is 1.38 bits per heavy atom. The van der Waals surface area contributed by atoms with Crippen molar-refractivity contribution in [1.82, 2.24) is 5.32 Å². The third-order valence-electron chi connectivity index (χ3n) is 4.74. The Morgan fingerprint density at radius 3 is 2.76 bits per heavy atom. The molecule has 2 nitrogen and oxygen atoms in total. The summed E-state index contributed by atoms with van der Waals surface area (Å²) in [4.78, 5) is 13.0. The van der Waals surface area contributed by atoms with Gasteiger partial charge in [-0.25, -0.2) is 0 Å². The minimum Gasteiger partial charge on any atom is -0.316 e. The minimum atomic E-state index is -0.288. The lowest BCUT2D eigenvalue weighted by molar-refractivity contribution is 0.0708. The van der Waals surface area contributed by atoms with E-state index in [0.717, 1.165) is 31.5 Å². The Morgan fingerprint density at radius 2 is 2.14 bits per heavy atom. The molecule has 1 saturated heterocycles. The molecule has 0 radical (unpaired) electrons. The van der Waals surface area contributed by atoms with Crippen LogP contribution in [0.1, 0.15) is 56.5 Å². The van der Waals surface area contributed by atoms with Crippen molar-refractivity contribution in [3.8, 4) is 0 Å². The highest BCUT2D eigenvalue weighted by Crippen LogP contribution is 2.35. The molecule has 2 rings (SSSR count). The molecule has 1 aliphatic rings. The number of hydrogen-bond acceptors (Lipinski definition) is 2. The van der Waals surface area contributed by atoms with E-state index in [4.69, 9.17) is 0 Å². The van der Waals surface area contributed by atoms with Crippen LogP contribution < -0.4 is 5.32 Å². The number of nitrogens with one attached hydrogen (secondary N) is 1. The molecule has 0 aliphatic carbocycles. The van der Waals surface area contributed by atoms with E-state index >= 15 is 0 Å². The van der Waals surface area contributed by atoms with Gasteiger partial charge in [-0.3, -0.25) is 4.79 Å². The molecule has 116 valence electrons. The Hall–Kier alpha value is -1.15. The van der Waals surface area contributed by atoms with Gasteiger partial charge in [0, 0.05) is 11.0 Å². The fourth-order valence-electron chi connectivity index (χ4n) is 3.34. The van der Waals surface area contributed by atoms with Gasteiger partial charge in [-0.05, 0) is 55.8 Å². The van der Waals surface area contributed by atoms with Crippen LogP contribution in [-0.4, -0.2) is 18.9 Å². The normalized spacial score (nSPS) is 19.8. The maximum Gasteiger partial charge on any atom is 0.168 e. The molecule has 1 unspecified atom stereocenters. The summed E-state index contributed by atoms with van der Waals surface area (Å²) in [6.45, 7) is 10.7. The van der Waals surface area contributed by atoms with Gasteiger partial charge in [0.05, 0.1) is 0 Å². The molecule has 1 N–H and O–H groups in total. The molecule has 0 saturated carbocycles. The number of rotatable bonds is 5. The third-order valence-corrected chi connectivity index (χ3v) is 4.74. The second-order valence-corrected chi connectivity index (χ2v) is 7.39. The first kappa shape index (κ1) is 16.2. The first-order valence-corrected chi connectivity index (χ1v) is 8.25. The highest BCUT2D eigenvalue weighted by molar-refractivity contribution is 6.00. The summed E-state index contributed by atoms with van der Waals surface area (Å²) < 4.78 is 0. The van der Waals surface area contributed by atoms with Crippen LogP contribution >= 0.6 is 0 Å². The predicted octanol–water partition coefficient (Wildman–Crippen LogP) is 4.09. The molecule has 1 aromatic carbocycles. The Kier molecular flexibility index (Phi) is 5.21. The monoisotopic (exact) mass is 287 g/mol. The molecule has 1 aromatic rings. The lowest BCUT2D eigenvalue weighted by Crippen LogP contribution is -2.42. The molecule has 1 heterocycles. The lowest BCUT2D eigenvalue weighted by atomic mass is 9.70. The fraction of sp³-hybridized carbons (Fsp3) is 0.632. The topological polar surface area (TPSA) is 29.1 Å². The van der Waals surface area contributed by atoms with Crippen molar-refractivity contribution >= 4 is 5.78 Å². The molecule has 0 spiro atoms. The van der Waals surface area contributed by atoms with Gasteiger partial charge in [0.2, 0.25) is 0 Å². The van der Waals surface area contributed by atoms with E-state index < -0.39 is 0 Å². The van der Waals surface area contributed by atoms with E-state index in [-0.39, 0.29) is 5.41 Å². The number of benzene rings is 1. The SMILES string of the molecule is CC(C)Cc1cccc(C(=O)C(C)(C)C2CCCNC2)c1. The van der Waals surface area contributed by atoms with Gasteiger partial charge in [-0.2, -0.15) is 0 Å². The second kappa shape index (κ2) is 6.74. The number of carbonyl (C=O) groups is 1. The molecule has 21 heavy (non-hydrogen) atoms. The van der Waals surface area contributed by atoms with E-state index in [1.807, 2.05) is 12.1 Å². The van der Waals surface area contributed by atoms with Crippen LogP contribution in [0.4, 0.5) is 0 Å². The van der Waals surface area contributed by atoms with Crippen molar-refractivity contribution < 1.29 is 4.79 Å². The van der Waals surface area contributed by atoms with Gasteiger partial charge < -0.3 is 5.32 Å². The van der Waals surface area contributed by atoms with Gasteiger partial charge in [-0.15, -0.1) is 0 Å². The fourth-order valence-corrected chi connectivity index (χ4v) is 3.34. The molecule has 0 aromatic heterocycles.